The Balaban J connectivity index is 1.43. The zero-order valence-corrected chi connectivity index (χ0v) is 19.4. The van der Waals surface area contributed by atoms with E-state index >= 15 is 0 Å². The van der Waals surface area contributed by atoms with Crippen molar-refractivity contribution in [3.63, 3.8) is 0 Å². The van der Waals surface area contributed by atoms with Crippen LogP contribution in [-0.4, -0.2) is 30.0 Å². The average Bonchev–Trinajstić information content (AvgIpc) is 3.33. The van der Waals surface area contributed by atoms with Gasteiger partial charge in [0.25, 0.3) is 20.2 Å². The standard InChI is InChI=1S/C23H28O6S2/c1-16-3-9-20(10-4-16)30(24,25)28-14-22-18-7-8-19(13-18)23(22)15-29-31(26,27)21-11-5-17(2)6-12-21/h3-6,9-12,18-19,22-23H,7-8,13-15H2,1-2H3/t18-,19-,22+,23+/m0/s1. The van der Waals surface area contributed by atoms with Crippen LogP contribution in [-0.2, 0) is 28.6 Å². The van der Waals surface area contributed by atoms with E-state index in [0.717, 1.165) is 30.4 Å². The molecule has 2 fully saturated rings. The van der Waals surface area contributed by atoms with E-state index in [0.29, 0.717) is 11.8 Å². The van der Waals surface area contributed by atoms with Gasteiger partial charge in [0.2, 0.25) is 0 Å². The fourth-order valence-corrected chi connectivity index (χ4v) is 6.81. The molecule has 0 aliphatic heterocycles. The van der Waals surface area contributed by atoms with E-state index in [1.165, 1.54) is 0 Å². The Bertz CT molecular complexity index is 1030. The van der Waals surface area contributed by atoms with Crippen molar-refractivity contribution >= 4 is 20.2 Å². The van der Waals surface area contributed by atoms with Crippen molar-refractivity contribution in [3.05, 3.63) is 59.7 Å². The Morgan fingerprint density at radius 2 is 1.03 bits per heavy atom. The van der Waals surface area contributed by atoms with E-state index in [4.69, 9.17) is 8.37 Å². The average molecular weight is 465 g/mol. The maximum atomic E-state index is 12.6. The summed E-state index contributed by atoms with van der Waals surface area (Å²) in [5.74, 6) is 0.613. The third kappa shape index (κ3) is 4.87. The smallest absolute Gasteiger partial charge is 0.266 e. The minimum Gasteiger partial charge on any atom is -0.266 e. The monoisotopic (exact) mass is 464 g/mol. The second-order valence-electron chi connectivity index (χ2n) is 8.76. The molecule has 2 aliphatic carbocycles. The van der Waals surface area contributed by atoms with Crippen LogP contribution in [0.4, 0.5) is 0 Å². The summed E-state index contributed by atoms with van der Waals surface area (Å²) in [6.45, 7) is 3.88. The molecule has 0 radical (unpaired) electrons. The molecular formula is C23H28O6S2. The van der Waals surface area contributed by atoms with Gasteiger partial charge in [-0.25, -0.2) is 0 Å². The van der Waals surface area contributed by atoms with E-state index in [9.17, 15) is 16.8 Å². The molecule has 8 heteroatoms. The molecule has 0 unspecified atom stereocenters. The van der Waals surface area contributed by atoms with Gasteiger partial charge in [-0.2, -0.15) is 16.8 Å². The molecule has 4 rings (SSSR count). The van der Waals surface area contributed by atoms with Crippen LogP contribution < -0.4 is 0 Å². The first-order chi connectivity index (χ1) is 14.7. The van der Waals surface area contributed by atoms with Crippen molar-refractivity contribution in [2.45, 2.75) is 42.9 Å². The van der Waals surface area contributed by atoms with Gasteiger partial charge in [-0.15, -0.1) is 0 Å². The van der Waals surface area contributed by atoms with Gasteiger partial charge in [0, 0.05) is 0 Å². The third-order valence-corrected chi connectivity index (χ3v) is 9.32. The van der Waals surface area contributed by atoms with E-state index in [2.05, 4.69) is 0 Å². The zero-order chi connectivity index (χ0) is 22.2. The maximum absolute atomic E-state index is 12.6. The molecule has 168 valence electrons. The van der Waals surface area contributed by atoms with Crippen LogP contribution in [0.25, 0.3) is 0 Å². The molecule has 2 bridgehead atoms. The summed E-state index contributed by atoms with van der Waals surface area (Å²) in [4.78, 5) is 0.270. The quantitative estimate of drug-likeness (QED) is 0.547. The van der Waals surface area contributed by atoms with Crippen molar-refractivity contribution in [1.82, 2.24) is 0 Å². The summed E-state index contributed by atoms with van der Waals surface area (Å²) in [5, 5.41) is 0. The number of hydrogen-bond donors (Lipinski definition) is 0. The summed E-state index contributed by atoms with van der Waals surface area (Å²) in [6.07, 6.45) is 3.01. The molecule has 6 nitrogen and oxygen atoms in total. The molecule has 0 N–H and O–H groups in total. The highest BCUT2D eigenvalue weighted by atomic mass is 32.2. The maximum Gasteiger partial charge on any atom is 0.296 e. The van der Waals surface area contributed by atoms with Gasteiger partial charge in [-0.3, -0.25) is 8.37 Å². The topological polar surface area (TPSA) is 86.7 Å². The molecule has 2 aromatic carbocycles. The van der Waals surface area contributed by atoms with E-state index in [-0.39, 0.29) is 34.8 Å². The van der Waals surface area contributed by atoms with Crippen molar-refractivity contribution in [3.8, 4) is 0 Å². The first-order valence-corrected chi connectivity index (χ1v) is 13.4. The van der Waals surface area contributed by atoms with Gasteiger partial charge in [-0.1, -0.05) is 35.4 Å². The Kier molecular flexibility index (Phi) is 6.27. The highest BCUT2D eigenvalue weighted by molar-refractivity contribution is 7.87. The van der Waals surface area contributed by atoms with Gasteiger partial charge in [-0.05, 0) is 81.0 Å². The van der Waals surface area contributed by atoms with Crippen LogP contribution >= 0.6 is 0 Å². The molecular weight excluding hydrogens is 436 g/mol. The van der Waals surface area contributed by atoms with Crippen molar-refractivity contribution < 1.29 is 25.2 Å². The Morgan fingerprint density at radius 3 is 1.39 bits per heavy atom. The molecule has 2 aliphatic rings. The minimum absolute atomic E-state index is 0.0350. The minimum atomic E-state index is -3.85. The number of hydrogen-bond acceptors (Lipinski definition) is 6. The first kappa shape index (κ1) is 22.5. The van der Waals surface area contributed by atoms with Crippen LogP contribution in [0.15, 0.2) is 58.3 Å². The van der Waals surface area contributed by atoms with Crippen LogP contribution in [0.5, 0.6) is 0 Å². The summed E-state index contributed by atoms with van der Waals surface area (Å²) in [5.41, 5.74) is 1.94. The number of aryl methyl sites for hydroxylation is 2. The van der Waals surface area contributed by atoms with Gasteiger partial charge < -0.3 is 0 Å². The summed E-state index contributed by atoms with van der Waals surface area (Å²) < 4.78 is 61.2. The number of fused-ring (bicyclic) bond motifs is 2. The molecule has 31 heavy (non-hydrogen) atoms. The van der Waals surface area contributed by atoms with E-state index < -0.39 is 20.2 Å². The van der Waals surface area contributed by atoms with E-state index in [1.54, 1.807) is 48.5 Å². The van der Waals surface area contributed by atoms with Gasteiger partial charge >= 0.3 is 0 Å². The third-order valence-electron chi connectivity index (χ3n) is 6.73. The number of benzene rings is 2. The first-order valence-electron chi connectivity index (χ1n) is 10.6. The Morgan fingerprint density at radius 1 is 0.677 bits per heavy atom. The fourth-order valence-electron chi connectivity index (χ4n) is 4.93. The molecule has 2 saturated carbocycles. The second-order valence-corrected chi connectivity index (χ2v) is 12.0. The van der Waals surface area contributed by atoms with Crippen molar-refractivity contribution in [1.29, 1.82) is 0 Å². The Labute approximate surface area is 184 Å². The Hall–Kier alpha value is -1.74. The van der Waals surface area contributed by atoms with Crippen LogP contribution in [0.2, 0.25) is 0 Å². The molecule has 0 aromatic heterocycles. The van der Waals surface area contributed by atoms with Crippen molar-refractivity contribution in [2.75, 3.05) is 13.2 Å². The van der Waals surface area contributed by atoms with Crippen LogP contribution in [0, 0.1) is 37.5 Å². The zero-order valence-electron chi connectivity index (χ0n) is 17.7. The summed E-state index contributed by atoms with van der Waals surface area (Å²) in [6, 6.07) is 13.1. The summed E-state index contributed by atoms with van der Waals surface area (Å²) in [7, 11) is -7.71. The van der Waals surface area contributed by atoms with Gasteiger partial charge in [0.1, 0.15) is 0 Å². The molecule has 0 amide bonds. The molecule has 0 saturated heterocycles. The highest BCUT2D eigenvalue weighted by Gasteiger charge is 2.48. The SMILES string of the molecule is Cc1ccc(S(=O)(=O)OC[C@@H]2[C@H]3CC[C@@H](C3)[C@H]2COS(=O)(=O)c2ccc(C)cc2)cc1. The molecule has 4 atom stereocenters. The van der Waals surface area contributed by atoms with Gasteiger partial charge in [0.15, 0.2) is 0 Å². The van der Waals surface area contributed by atoms with Gasteiger partial charge in [0.05, 0.1) is 23.0 Å². The lowest BCUT2D eigenvalue weighted by molar-refractivity contribution is 0.101. The fraction of sp³-hybridized carbons (Fsp3) is 0.478. The lowest BCUT2D eigenvalue weighted by Gasteiger charge is -2.30. The molecule has 2 aromatic rings. The molecule has 0 heterocycles. The number of rotatable bonds is 8. The van der Waals surface area contributed by atoms with Crippen LogP contribution in [0.1, 0.15) is 30.4 Å². The highest BCUT2D eigenvalue weighted by Crippen LogP contribution is 2.52. The predicted molar refractivity (Wildman–Crippen MR) is 116 cm³/mol. The predicted octanol–water partition coefficient (Wildman–Crippen LogP) is 4.08. The lowest BCUT2D eigenvalue weighted by Crippen LogP contribution is -2.31. The summed E-state index contributed by atoms with van der Waals surface area (Å²) >= 11 is 0. The van der Waals surface area contributed by atoms with E-state index in [1.807, 2.05) is 13.8 Å². The second kappa shape index (κ2) is 8.65. The lowest BCUT2D eigenvalue weighted by atomic mass is 9.80. The normalized spacial score (nSPS) is 25.7. The van der Waals surface area contributed by atoms with Crippen LogP contribution in [0.3, 0.4) is 0 Å². The van der Waals surface area contributed by atoms with Crippen molar-refractivity contribution in [2.24, 2.45) is 23.7 Å². The molecule has 0 spiro atoms. The largest absolute Gasteiger partial charge is 0.296 e.